The molecule has 1 aliphatic heterocycles. The minimum Gasteiger partial charge on any atom is -0.349 e. The number of halogens is 1. The van der Waals surface area contributed by atoms with E-state index in [9.17, 15) is 9.59 Å². The quantitative estimate of drug-likeness (QED) is 0.632. The smallest absolute Gasteiger partial charge is 0.251 e. The first-order valence-electron chi connectivity index (χ1n) is 10.3. The lowest BCUT2D eigenvalue weighted by atomic mass is 9.89. The standard InChI is InChI=1S/C23H28N4O2.ClH/c24-12-18-13-27(14-21(18)16-5-2-1-3-6-16)15-22(28)25-20-8-4-7-17(11-20)23(29)26-19-9-10-19;/h1-8,11,18-19,21H,9-10,12-15,24H2,(H,25,28)(H,26,29);1H/t18-,21+;/m1./s1. The minimum absolute atomic E-state index is 0. The van der Waals surface area contributed by atoms with E-state index in [1.54, 1.807) is 18.2 Å². The van der Waals surface area contributed by atoms with Crippen LogP contribution in [0.25, 0.3) is 0 Å². The average molecular weight is 429 g/mol. The highest BCUT2D eigenvalue weighted by molar-refractivity contribution is 5.97. The Hall–Kier alpha value is -2.41. The second-order valence-corrected chi connectivity index (χ2v) is 8.08. The van der Waals surface area contributed by atoms with Crippen molar-refractivity contribution < 1.29 is 9.59 Å². The van der Waals surface area contributed by atoms with Crippen molar-refractivity contribution >= 4 is 29.9 Å². The van der Waals surface area contributed by atoms with Crippen LogP contribution in [0.5, 0.6) is 0 Å². The molecule has 30 heavy (non-hydrogen) atoms. The Kier molecular flexibility index (Phi) is 7.48. The number of likely N-dealkylation sites (tertiary alicyclic amines) is 1. The number of rotatable bonds is 7. The Bertz CT molecular complexity index is 873. The molecule has 0 radical (unpaired) electrons. The van der Waals surface area contributed by atoms with Crippen LogP contribution in [0.2, 0.25) is 0 Å². The number of nitrogens with two attached hydrogens (primary N) is 1. The summed E-state index contributed by atoms with van der Waals surface area (Å²) in [5.74, 6) is 0.539. The van der Waals surface area contributed by atoms with Gasteiger partial charge in [-0.25, -0.2) is 0 Å². The number of hydrogen-bond acceptors (Lipinski definition) is 4. The molecule has 2 fully saturated rings. The molecular formula is C23H29ClN4O2. The van der Waals surface area contributed by atoms with Crippen LogP contribution in [-0.2, 0) is 4.79 Å². The van der Waals surface area contributed by atoms with Gasteiger partial charge >= 0.3 is 0 Å². The van der Waals surface area contributed by atoms with Gasteiger partial charge in [0, 0.05) is 36.3 Å². The van der Waals surface area contributed by atoms with Crippen molar-refractivity contribution in [2.24, 2.45) is 11.7 Å². The van der Waals surface area contributed by atoms with Crippen LogP contribution in [0, 0.1) is 5.92 Å². The summed E-state index contributed by atoms with van der Waals surface area (Å²) in [6.07, 6.45) is 2.09. The number of carbonyl (C=O) groups excluding carboxylic acids is 2. The number of benzene rings is 2. The average Bonchev–Trinajstić information content (AvgIpc) is 3.45. The van der Waals surface area contributed by atoms with Gasteiger partial charge in [-0.3, -0.25) is 14.5 Å². The molecule has 2 amide bonds. The lowest BCUT2D eigenvalue weighted by molar-refractivity contribution is -0.117. The van der Waals surface area contributed by atoms with E-state index in [0.717, 1.165) is 25.9 Å². The Balaban J connectivity index is 0.00000256. The van der Waals surface area contributed by atoms with E-state index in [0.29, 0.717) is 42.2 Å². The third-order valence-electron chi connectivity index (χ3n) is 5.74. The normalized spacial score (nSPS) is 21.0. The molecule has 0 aromatic heterocycles. The van der Waals surface area contributed by atoms with Crippen LogP contribution in [-0.4, -0.2) is 48.9 Å². The van der Waals surface area contributed by atoms with Gasteiger partial charge in [-0.1, -0.05) is 36.4 Å². The van der Waals surface area contributed by atoms with Crippen molar-refractivity contribution in [3.63, 3.8) is 0 Å². The monoisotopic (exact) mass is 428 g/mol. The van der Waals surface area contributed by atoms with Crippen molar-refractivity contribution in [3.8, 4) is 0 Å². The van der Waals surface area contributed by atoms with Crippen molar-refractivity contribution in [1.29, 1.82) is 0 Å². The summed E-state index contributed by atoms with van der Waals surface area (Å²) in [6.45, 7) is 2.56. The van der Waals surface area contributed by atoms with Crippen molar-refractivity contribution in [3.05, 3.63) is 65.7 Å². The first-order chi connectivity index (χ1) is 14.1. The van der Waals surface area contributed by atoms with Gasteiger partial charge in [-0.05, 0) is 49.1 Å². The highest BCUT2D eigenvalue weighted by atomic mass is 35.5. The van der Waals surface area contributed by atoms with Crippen LogP contribution >= 0.6 is 12.4 Å². The molecule has 2 aromatic rings. The highest BCUT2D eigenvalue weighted by Crippen LogP contribution is 2.31. The summed E-state index contributed by atoms with van der Waals surface area (Å²) in [4.78, 5) is 27.0. The van der Waals surface area contributed by atoms with E-state index in [-0.39, 0.29) is 24.2 Å². The molecule has 2 atom stereocenters. The highest BCUT2D eigenvalue weighted by Gasteiger charge is 2.33. The molecule has 2 aliphatic rings. The number of nitrogens with zero attached hydrogens (tertiary/aromatic N) is 1. The van der Waals surface area contributed by atoms with Gasteiger partial charge in [0.05, 0.1) is 6.54 Å². The molecule has 0 spiro atoms. The van der Waals surface area contributed by atoms with E-state index < -0.39 is 0 Å². The van der Waals surface area contributed by atoms with Crippen molar-refractivity contribution in [2.45, 2.75) is 24.8 Å². The zero-order valence-corrected chi connectivity index (χ0v) is 17.7. The fourth-order valence-corrected chi connectivity index (χ4v) is 4.04. The summed E-state index contributed by atoms with van der Waals surface area (Å²) in [5, 5.41) is 5.90. The fraction of sp³-hybridized carbons (Fsp3) is 0.391. The minimum atomic E-state index is -0.0837. The second kappa shape index (κ2) is 10.1. The van der Waals surface area contributed by atoms with Crippen LogP contribution in [0.15, 0.2) is 54.6 Å². The summed E-state index contributed by atoms with van der Waals surface area (Å²) in [7, 11) is 0. The Labute approximate surface area is 183 Å². The van der Waals surface area contributed by atoms with Gasteiger partial charge in [0.25, 0.3) is 5.91 Å². The lowest BCUT2D eigenvalue weighted by Crippen LogP contribution is -2.32. The molecule has 1 aliphatic carbocycles. The number of hydrogen-bond donors (Lipinski definition) is 3. The molecule has 1 saturated heterocycles. The van der Waals surface area contributed by atoms with Gasteiger partial charge < -0.3 is 16.4 Å². The Morgan fingerprint density at radius 2 is 1.80 bits per heavy atom. The van der Waals surface area contributed by atoms with Crippen LogP contribution in [0.1, 0.15) is 34.7 Å². The zero-order chi connectivity index (χ0) is 20.2. The largest absolute Gasteiger partial charge is 0.349 e. The number of amides is 2. The van der Waals surface area contributed by atoms with Gasteiger partial charge in [0.2, 0.25) is 5.91 Å². The molecule has 0 bridgehead atoms. The van der Waals surface area contributed by atoms with Crippen molar-refractivity contribution in [1.82, 2.24) is 10.2 Å². The molecule has 4 N–H and O–H groups in total. The van der Waals surface area contributed by atoms with E-state index in [1.807, 2.05) is 24.3 Å². The van der Waals surface area contributed by atoms with E-state index >= 15 is 0 Å². The zero-order valence-electron chi connectivity index (χ0n) is 16.9. The van der Waals surface area contributed by atoms with Gasteiger partial charge in [0.15, 0.2) is 0 Å². The summed E-state index contributed by atoms with van der Waals surface area (Å²) in [6, 6.07) is 17.8. The SMILES string of the molecule is Cl.NC[C@@H]1CN(CC(=O)Nc2cccc(C(=O)NC3CC3)c2)C[C@H]1c1ccccc1. The number of carbonyl (C=O) groups is 2. The van der Waals surface area contributed by atoms with Crippen LogP contribution < -0.4 is 16.4 Å². The van der Waals surface area contributed by atoms with Crippen LogP contribution in [0.3, 0.4) is 0 Å². The van der Waals surface area contributed by atoms with Gasteiger partial charge in [-0.2, -0.15) is 0 Å². The molecule has 7 heteroatoms. The first-order valence-corrected chi connectivity index (χ1v) is 10.3. The number of nitrogens with one attached hydrogen (secondary N) is 2. The molecular weight excluding hydrogens is 400 g/mol. The lowest BCUT2D eigenvalue weighted by Gasteiger charge is -2.16. The Morgan fingerprint density at radius 1 is 1.03 bits per heavy atom. The van der Waals surface area contributed by atoms with Gasteiger partial charge in [-0.15, -0.1) is 12.4 Å². The molecule has 1 saturated carbocycles. The molecule has 160 valence electrons. The van der Waals surface area contributed by atoms with Crippen LogP contribution in [0.4, 0.5) is 5.69 Å². The molecule has 0 unspecified atom stereocenters. The summed E-state index contributed by atoms with van der Waals surface area (Å²) >= 11 is 0. The Morgan fingerprint density at radius 3 is 2.50 bits per heavy atom. The maximum atomic E-state index is 12.6. The molecule has 4 rings (SSSR count). The van der Waals surface area contributed by atoms with E-state index in [4.69, 9.17) is 5.73 Å². The summed E-state index contributed by atoms with van der Waals surface area (Å²) < 4.78 is 0. The third kappa shape index (κ3) is 5.59. The third-order valence-corrected chi connectivity index (χ3v) is 5.74. The predicted molar refractivity (Wildman–Crippen MR) is 121 cm³/mol. The molecule has 6 nitrogen and oxygen atoms in total. The predicted octanol–water partition coefficient (Wildman–Crippen LogP) is 2.61. The topological polar surface area (TPSA) is 87.5 Å². The van der Waals surface area contributed by atoms with Gasteiger partial charge in [0.1, 0.15) is 0 Å². The maximum absolute atomic E-state index is 12.6. The second-order valence-electron chi connectivity index (χ2n) is 8.08. The summed E-state index contributed by atoms with van der Waals surface area (Å²) in [5.41, 5.74) is 8.49. The van der Waals surface area contributed by atoms with E-state index in [1.165, 1.54) is 5.56 Å². The maximum Gasteiger partial charge on any atom is 0.251 e. The molecule has 2 aromatic carbocycles. The van der Waals surface area contributed by atoms with Crippen molar-refractivity contribution in [2.75, 3.05) is 31.5 Å². The first kappa shape index (κ1) is 22.3. The fourth-order valence-electron chi connectivity index (χ4n) is 4.04. The number of anilines is 1. The van der Waals surface area contributed by atoms with E-state index in [2.05, 4.69) is 27.7 Å². The molecule has 1 heterocycles.